The minimum absolute atomic E-state index is 0.0208. The second kappa shape index (κ2) is 4.04. The summed E-state index contributed by atoms with van der Waals surface area (Å²) in [6, 6.07) is 0. The van der Waals surface area contributed by atoms with Gasteiger partial charge in [0.25, 0.3) is 0 Å². The molecular formula is C10H18O2. The van der Waals surface area contributed by atoms with Gasteiger partial charge < -0.3 is 9.90 Å². The van der Waals surface area contributed by atoms with Crippen molar-refractivity contribution in [2.75, 3.05) is 0 Å². The molecule has 1 saturated carbocycles. The van der Waals surface area contributed by atoms with Gasteiger partial charge in [-0.25, -0.2) is 0 Å². The summed E-state index contributed by atoms with van der Waals surface area (Å²) in [5.41, 5.74) is 0. The average molecular weight is 170 g/mol. The normalized spacial score (nSPS) is 39.1. The standard InChI is InChI=1S/C10H18O2/c1-7-3-4-9(8(2)6-11)10(12)5-7/h6-10,12H,3-5H2,1-2H3/t7-,8?,9+,10-/m1/s1. The second-order valence-electron chi connectivity index (χ2n) is 4.14. The molecule has 0 aromatic carbocycles. The summed E-state index contributed by atoms with van der Waals surface area (Å²) in [4.78, 5) is 10.5. The van der Waals surface area contributed by atoms with Crippen molar-refractivity contribution < 1.29 is 9.90 Å². The zero-order valence-corrected chi connectivity index (χ0v) is 7.86. The van der Waals surface area contributed by atoms with Crippen molar-refractivity contribution >= 4 is 6.29 Å². The highest BCUT2D eigenvalue weighted by atomic mass is 16.3. The Morgan fingerprint density at radius 1 is 1.50 bits per heavy atom. The number of hydrogen-bond donors (Lipinski definition) is 1. The lowest BCUT2D eigenvalue weighted by Crippen LogP contribution is -2.33. The van der Waals surface area contributed by atoms with Gasteiger partial charge in [-0.2, -0.15) is 0 Å². The van der Waals surface area contributed by atoms with Crippen molar-refractivity contribution in [2.24, 2.45) is 17.8 Å². The van der Waals surface area contributed by atoms with Gasteiger partial charge in [0.1, 0.15) is 6.29 Å². The van der Waals surface area contributed by atoms with Crippen LogP contribution in [0.4, 0.5) is 0 Å². The highest BCUT2D eigenvalue weighted by Gasteiger charge is 2.30. The average Bonchev–Trinajstić information content (AvgIpc) is 2.03. The molecule has 0 bridgehead atoms. The molecule has 1 unspecified atom stereocenters. The Morgan fingerprint density at radius 2 is 2.17 bits per heavy atom. The van der Waals surface area contributed by atoms with Crippen LogP contribution in [0.25, 0.3) is 0 Å². The number of aliphatic hydroxyl groups is 1. The Bertz CT molecular complexity index is 156. The first-order valence-corrected chi connectivity index (χ1v) is 4.78. The molecule has 0 aromatic heterocycles. The van der Waals surface area contributed by atoms with Gasteiger partial charge >= 0.3 is 0 Å². The van der Waals surface area contributed by atoms with Crippen molar-refractivity contribution in [2.45, 2.75) is 39.2 Å². The fourth-order valence-corrected chi connectivity index (χ4v) is 2.09. The fourth-order valence-electron chi connectivity index (χ4n) is 2.09. The third kappa shape index (κ3) is 2.07. The van der Waals surface area contributed by atoms with Crippen molar-refractivity contribution in [1.29, 1.82) is 0 Å². The molecule has 1 fully saturated rings. The van der Waals surface area contributed by atoms with E-state index in [9.17, 15) is 9.90 Å². The fraction of sp³-hybridized carbons (Fsp3) is 0.900. The minimum Gasteiger partial charge on any atom is -0.393 e. The molecule has 1 aliphatic carbocycles. The first kappa shape index (κ1) is 9.72. The van der Waals surface area contributed by atoms with Crippen molar-refractivity contribution in [3.63, 3.8) is 0 Å². The van der Waals surface area contributed by atoms with Crippen molar-refractivity contribution in [3.05, 3.63) is 0 Å². The largest absolute Gasteiger partial charge is 0.393 e. The van der Waals surface area contributed by atoms with Crippen LogP contribution in [0.2, 0.25) is 0 Å². The molecule has 2 heteroatoms. The first-order valence-electron chi connectivity index (χ1n) is 4.78. The lowest BCUT2D eigenvalue weighted by molar-refractivity contribution is -0.114. The number of aldehydes is 1. The molecule has 70 valence electrons. The number of rotatable bonds is 2. The molecule has 4 atom stereocenters. The van der Waals surface area contributed by atoms with Gasteiger partial charge in [0.05, 0.1) is 6.10 Å². The third-order valence-electron chi connectivity index (χ3n) is 3.02. The lowest BCUT2D eigenvalue weighted by Gasteiger charge is -2.33. The summed E-state index contributed by atoms with van der Waals surface area (Å²) in [5, 5.41) is 9.68. The molecule has 1 rings (SSSR count). The van der Waals surface area contributed by atoms with E-state index in [0.29, 0.717) is 5.92 Å². The van der Waals surface area contributed by atoms with Gasteiger partial charge in [0.15, 0.2) is 0 Å². The Hall–Kier alpha value is -0.370. The monoisotopic (exact) mass is 170 g/mol. The predicted molar refractivity (Wildman–Crippen MR) is 47.7 cm³/mol. The minimum atomic E-state index is -0.256. The Balaban J connectivity index is 2.49. The van der Waals surface area contributed by atoms with Crippen LogP contribution >= 0.6 is 0 Å². The maximum Gasteiger partial charge on any atom is 0.123 e. The molecule has 1 aliphatic rings. The number of hydrogen-bond acceptors (Lipinski definition) is 2. The van der Waals surface area contributed by atoms with Crippen LogP contribution in [0.3, 0.4) is 0 Å². The van der Waals surface area contributed by atoms with E-state index >= 15 is 0 Å². The molecule has 12 heavy (non-hydrogen) atoms. The summed E-state index contributed by atoms with van der Waals surface area (Å²) in [6.45, 7) is 4.06. The SMILES string of the molecule is CC(C=O)[C@@H]1CC[C@@H](C)C[C@H]1O. The van der Waals surface area contributed by atoms with E-state index in [1.54, 1.807) is 0 Å². The molecule has 1 N–H and O–H groups in total. The zero-order valence-electron chi connectivity index (χ0n) is 7.86. The number of carbonyl (C=O) groups is 1. The highest BCUT2D eigenvalue weighted by molar-refractivity contribution is 5.53. The van der Waals surface area contributed by atoms with Crippen LogP contribution in [-0.4, -0.2) is 17.5 Å². The maximum atomic E-state index is 10.5. The van der Waals surface area contributed by atoms with Crippen LogP contribution in [0.1, 0.15) is 33.1 Å². The van der Waals surface area contributed by atoms with E-state index in [1.807, 2.05) is 6.92 Å². The molecule has 0 spiro atoms. The third-order valence-corrected chi connectivity index (χ3v) is 3.02. The molecule has 0 heterocycles. The first-order chi connectivity index (χ1) is 5.65. The topological polar surface area (TPSA) is 37.3 Å². The van der Waals surface area contributed by atoms with E-state index in [0.717, 1.165) is 25.5 Å². The Morgan fingerprint density at radius 3 is 2.67 bits per heavy atom. The molecule has 0 saturated heterocycles. The van der Waals surface area contributed by atoms with E-state index in [4.69, 9.17) is 0 Å². The smallest absolute Gasteiger partial charge is 0.123 e. The van der Waals surface area contributed by atoms with Crippen LogP contribution < -0.4 is 0 Å². The summed E-state index contributed by atoms with van der Waals surface area (Å²) in [6.07, 6.45) is 3.73. The highest BCUT2D eigenvalue weighted by Crippen LogP contribution is 2.32. The van der Waals surface area contributed by atoms with Crippen LogP contribution in [-0.2, 0) is 4.79 Å². The van der Waals surface area contributed by atoms with E-state index in [1.165, 1.54) is 0 Å². The van der Waals surface area contributed by atoms with E-state index in [2.05, 4.69) is 6.92 Å². The second-order valence-corrected chi connectivity index (χ2v) is 4.14. The van der Waals surface area contributed by atoms with Gasteiger partial charge in [0, 0.05) is 5.92 Å². The lowest BCUT2D eigenvalue weighted by atomic mass is 9.75. The molecule has 0 amide bonds. The summed E-state index contributed by atoms with van der Waals surface area (Å²) in [7, 11) is 0. The van der Waals surface area contributed by atoms with Crippen LogP contribution in [0, 0.1) is 17.8 Å². The number of carbonyl (C=O) groups excluding carboxylic acids is 1. The molecule has 2 nitrogen and oxygen atoms in total. The predicted octanol–water partition coefficient (Wildman–Crippen LogP) is 1.62. The Labute approximate surface area is 74.0 Å². The van der Waals surface area contributed by atoms with Crippen molar-refractivity contribution in [1.82, 2.24) is 0 Å². The van der Waals surface area contributed by atoms with Gasteiger partial charge in [0.2, 0.25) is 0 Å². The maximum absolute atomic E-state index is 10.5. The molecule has 0 aliphatic heterocycles. The number of aliphatic hydroxyl groups excluding tert-OH is 1. The molecular weight excluding hydrogens is 152 g/mol. The summed E-state index contributed by atoms with van der Waals surface area (Å²) >= 11 is 0. The molecule has 0 aromatic rings. The Kier molecular flexibility index (Phi) is 3.27. The van der Waals surface area contributed by atoms with Gasteiger partial charge in [-0.05, 0) is 24.7 Å². The summed E-state index contributed by atoms with van der Waals surface area (Å²) in [5.74, 6) is 0.848. The van der Waals surface area contributed by atoms with Gasteiger partial charge in [-0.15, -0.1) is 0 Å². The zero-order chi connectivity index (χ0) is 9.14. The molecule has 0 radical (unpaired) electrons. The van der Waals surface area contributed by atoms with Gasteiger partial charge in [-0.1, -0.05) is 20.3 Å². The van der Waals surface area contributed by atoms with Gasteiger partial charge in [-0.3, -0.25) is 0 Å². The van der Waals surface area contributed by atoms with Crippen molar-refractivity contribution in [3.8, 4) is 0 Å². The van der Waals surface area contributed by atoms with Crippen LogP contribution in [0.5, 0.6) is 0 Å². The summed E-state index contributed by atoms with van der Waals surface area (Å²) < 4.78 is 0. The quantitative estimate of drug-likeness (QED) is 0.639. The van der Waals surface area contributed by atoms with E-state index in [-0.39, 0.29) is 17.9 Å². The van der Waals surface area contributed by atoms with E-state index < -0.39 is 0 Å². The van der Waals surface area contributed by atoms with Crippen LogP contribution in [0.15, 0.2) is 0 Å².